The third-order valence-electron chi connectivity index (χ3n) is 3.44. The van der Waals surface area contributed by atoms with Crippen LogP contribution in [0.25, 0.3) is 11.4 Å². The molecule has 0 bridgehead atoms. The molecule has 0 spiro atoms. The van der Waals surface area contributed by atoms with Crippen molar-refractivity contribution in [1.82, 2.24) is 15.5 Å². The van der Waals surface area contributed by atoms with E-state index in [4.69, 9.17) is 4.52 Å². The van der Waals surface area contributed by atoms with E-state index in [-0.39, 0.29) is 11.4 Å². The van der Waals surface area contributed by atoms with E-state index in [0.29, 0.717) is 16.2 Å². The van der Waals surface area contributed by atoms with Crippen molar-refractivity contribution in [3.05, 3.63) is 34.4 Å². The largest absolute Gasteiger partial charge is 0.337 e. The number of nitrogens with one attached hydrogen (secondary N) is 1. The normalized spacial score (nSPS) is 22.9. The van der Waals surface area contributed by atoms with E-state index in [1.54, 1.807) is 12.1 Å². The molecule has 1 N–H and O–H groups in total. The van der Waals surface area contributed by atoms with Crippen LogP contribution in [0.3, 0.4) is 0 Å². The molecule has 0 amide bonds. The van der Waals surface area contributed by atoms with Crippen LogP contribution in [-0.4, -0.2) is 16.7 Å². The van der Waals surface area contributed by atoms with Crippen molar-refractivity contribution in [3.8, 4) is 11.4 Å². The second-order valence-electron chi connectivity index (χ2n) is 4.91. The van der Waals surface area contributed by atoms with Gasteiger partial charge in [0.2, 0.25) is 11.7 Å². The highest BCUT2D eigenvalue weighted by atomic mass is 79.9. The molecule has 1 aliphatic heterocycles. The summed E-state index contributed by atoms with van der Waals surface area (Å²) in [5.74, 6) is 0.753. The first kappa shape index (κ1) is 12.7. The van der Waals surface area contributed by atoms with Crippen LogP contribution in [0.15, 0.2) is 27.2 Å². The van der Waals surface area contributed by atoms with Crippen LogP contribution in [0.4, 0.5) is 4.39 Å². The van der Waals surface area contributed by atoms with Crippen LogP contribution in [0.2, 0.25) is 0 Å². The van der Waals surface area contributed by atoms with Crippen LogP contribution >= 0.6 is 15.9 Å². The predicted molar refractivity (Wildman–Crippen MR) is 72.0 cm³/mol. The van der Waals surface area contributed by atoms with Crippen molar-refractivity contribution in [2.45, 2.75) is 25.3 Å². The first-order valence-electron chi connectivity index (χ1n) is 6.13. The zero-order valence-electron chi connectivity index (χ0n) is 10.4. The first-order valence-corrected chi connectivity index (χ1v) is 6.92. The van der Waals surface area contributed by atoms with Crippen molar-refractivity contribution in [3.63, 3.8) is 0 Å². The minimum Gasteiger partial charge on any atom is -0.337 e. The Balaban J connectivity index is 1.94. The number of halogens is 2. The third kappa shape index (κ3) is 2.30. The molecule has 1 saturated heterocycles. The maximum Gasteiger partial charge on any atom is 0.246 e. The Kier molecular flexibility index (Phi) is 3.14. The summed E-state index contributed by atoms with van der Waals surface area (Å²) in [6, 6.07) is 4.67. The van der Waals surface area contributed by atoms with Gasteiger partial charge in [-0.3, -0.25) is 0 Å². The van der Waals surface area contributed by atoms with E-state index < -0.39 is 0 Å². The Morgan fingerprint density at radius 2 is 2.32 bits per heavy atom. The molecule has 1 aliphatic rings. The summed E-state index contributed by atoms with van der Waals surface area (Å²) >= 11 is 3.15. The Hall–Kier alpha value is -1.27. The van der Waals surface area contributed by atoms with Crippen LogP contribution in [-0.2, 0) is 5.54 Å². The average molecular weight is 326 g/mol. The Labute approximate surface area is 118 Å². The molecule has 1 fully saturated rings. The second kappa shape index (κ2) is 4.68. The van der Waals surface area contributed by atoms with Gasteiger partial charge in [-0.05, 0) is 60.4 Å². The number of rotatable bonds is 2. The molecule has 1 aromatic heterocycles. The lowest BCUT2D eigenvalue weighted by molar-refractivity contribution is 0.275. The van der Waals surface area contributed by atoms with Gasteiger partial charge in [0.05, 0.1) is 10.0 Å². The van der Waals surface area contributed by atoms with Crippen LogP contribution in [0.1, 0.15) is 25.7 Å². The fourth-order valence-corrected chi connectivity index (χ4v) is 2.66. The minimum absolute atomic E-state index is 0.248. The minimum atomic E-state index is -0.308. The van der Waals surface area contributed by atoms with E-state index in [1.807, 2.05) is 0 Å². The van der Waals surface area contributed by atoms with Crippen molar-refractivity contribution in [2.75, 3.05) is 6.54 Å². The molecule has 1 aromatic carbocycles. The molecule has 19 heavy (non-hydrogen) atoms. The Bertz CT molecular complexity index is 608. The molecular formula is C13H13BrFN3O. The molecule has 100 valence electrons. The molecule has 2 aromatic rings. The monoisotopic (exact) mass is 325 g/mol. The number of hydrogen-bond acceptors (Lipinski definition) is 4. The van der Waals surface area contributed by atoms with Gasteiger partial charge in [0, 0.05) is 5.56 Å². The molecule has 1 atom stereocenters. The van der Waals surface area contributed by atoms with Gasteiger partial charge in [0.15, 0.2) is 0 Å². The average Bonchev–Trinajstić information content (AvgIpc) is 3.02. The van der Waals surface area contributed by atoms with Crippen LogP contribution < -0.4 is 5.32 Å². The van der Waals surface area contributed by atoms with Gasteiger partial charge in [-0.2, -0.15) is 4.98 Å². The van der Waals surface area contributed by atoms with Gasteiger partial charge in [-0.15, -0.1) is 0 Å². The zero-order valence-corrected chi connectivity index (χ0v) is 12.0. The molecule has 0 aliphatic carbocycles. The lowest BCUT2D eigenvalue weighted by Gasteiger charge is -2.18. The summed E-state index contributed by atoms with van der Waals surface area (Å²) in [7, 11) is 0. The van der Waals surface area contributed by atoms with Crippen molar-refractivity contribution in [2.24, 2.45) is 0 Å². The second-order valence-corrected chi connectivity index (χ2v) is 5.77. The highest BCUT2D eigenvalue weighted by molar-refractivity contribution is 9.10. The lowest BCUT2D eigenvalue weighted by Crippen LogP contribution is -2.33. The van der Waals surface area contributed by atoms with Gasteiger partial charge in [-0.25, -0.2) is 4.39 Å². The van der Waals surface area contributed by atoms with Crippen molar-refractivity contribution >= 4 is 15.9 Å². The van der Waals surface area contributed by atoms with E-state index in [2.05, 4.69) is 38.3 Å². The molecule has 3 rings (SSSR count). The quantitative estimate of drug-likeness (QED) is 0.920. The zero-order chi connectivity index (χ0) is 13.5. The predicted octanol–water partition coefficient (Wildman–Crippen LogP) is 3.24. The van der Waals surface area contributed by atoms with E-state index >= 15 is 0 Å². The lowest BCUT2D eigenvalue weighted by atomic mass is 10.0. The topological polar surface area (TPSA) is 51.0 Å². The number of hydrogen-bond donors (Lipinski definition) is 1. The first-order chi connectivity index (χ1) is 9.08. The Morgan fingerprint density at radius 3 is 3.00 bits per heavy atom. The molecule has 0 radical (unpaired) electrons. The molecule has 4 nitrogen and oxygen atoms in total. The summed E-state index contributed by atoms with van der Waals surface area (Å²) in [4.78, 5) is 4.42. The van der Waals surface area contributed by atoms with Crippen molar-refractivity contribution in [1.29, 1.82) is 0 Å². The van der Waals surface area contributed by atoms with Gasteiger partial charge >= 0.3 is 0 Å². The van der Waals surface area contributed by atoms with Gasteiger partial charge in [0.25, 0.3) is 0 Å². The smallest absolute Gasteiger partial charge is 0.246 e. The fraction of sp³-hybridized carbons (Fsp3) is 0.385. The van der Waals surface area contributed by atoms with Gasteiger partial charge in [0.1, 0.15) is 5.82 Å². The number of nitrogens with zero attached hydrogens (tertiary/aromatic N) is 2. The summed E-state index contributed by atoms with van der Waals surface area (Å²) in [5, 5.41) is 7.35. The van der Waals surface area contributed by atoms with E-state index in [1.165, 1.54) is 6.07 Å². The van der Waals surface area contributed by atoms with Crippen molar-refractivity contribution < 1.29 is 8.91 Å². The highest BCUT2D eigenvalue weighted by Crippen LogP contribution is 2.31. The maximum atomic E-state index is 13.2. The molecule has 2 heterocycles. The SMILES string of the molecule is CC1(c2nc(-c3ccc(F)c(Br)c3)no2)CCCN1. The molecule has 0 saturated carbocycles. The summed E-state index contributed by atoms with van der Waals surface area (Å²) in [6.07, 6.45) is 2.07. The van der Waals surface area contributed by atoms with E-state index in [0.717, 1.165) is 24.9 Å². The summed E-state index contributed by atoms with van der Waals surface area (Å²) < 4.78 is 18.9. The molecule has 6 heteroatoms. The van der Waals surface area contributed by atoms with Gasteiger partial charge in [-0.1, -0.05) is 5.16 Å². The number of benzene rings is 1. The standard InChI is InChI=1S/C13H13BrFN3O/c1-13(5-2-6-16-13)12-17-11(18-19-12)8-3-4-10(15)9(14)7-8/h3-4,7,16H,2,5-6H2,1H3. The summed E-state index contributed by atoms with van der Waals surface area (Å²) in [5.41, 5.74) is 0.479. The van der Waals surface area contributed by atoms with E-state index in [9.17, 15) is 4.39 Å². The van der Waals surface area contributed by atoms with Crippen LogP contribution in [0.5, 0.6) is 0 Å². The maximum absolute atomic E-state index is 13.2. The third-order valence-corrected chi connectivity index (χ3v) is 4.05. The molecule has 1 unspecified atom stereocenters. The summed E-state index contributed by atoms with van der Waals surface area (Å²) in [6.45, 7) is 3.01. The highest BCUT2D eigenvalue weighted by Gasteiger charge is 2.35. The Morgan fingerprint density at radius 1 is 1.47 bits per heavy atom. The van der Waals surface area contributed by atoms with Crippen LogP contribution in [0, 0.1) is 5.82 Å². The fourth-order valence-electron chi connectivity index (χ4n) is 2.28. The molecular weight excluding hydrogens is 313 g/mol. The number of aromatic nitrogens is 2. The van der Waals surface area contributed by atoms with Gasteiger partial charge < -0.3 is 9.84 Å².